The van der Waals surface area contributed by atoms with E-state index in [9.17, 15) is 0 Å². The van der Waals surface area contributed by atoms with Gasteiger partial charge >= 0.3 is 0 Å². The highest BCUT2D eigenvalue weighted by Gasteiger charge is 2.01. The molecule has 0 heterocycles. The molecule has 11 heavy (non-hydrogen) atoms. The van der Waals surface area contributed by atoms with Gasteiger partial charge in [0.15, 0.2) is 0 Å². The highest BCUT2D eigenvalue weighted by Crippen LogP contribution is 2.03. The van der Waals surface area contributed by atoms with Crippen LogP contribution < -0.4 is 0 Å². The Morgan fingerprint density at radius 2 is 2.45 bits per heavy atom. The largest absolute Gasteiger partial charge is 0.362 e. The van der Waals surface area contributed by atoms with Crippen LogP contribution in [-0.2, 0) is 4.74 Å². The second-order valence-corrected chi connectivity index (χ2v) is 2.42. The van der Waals surface area contributed by atoms with Crippen LogP contribution >= 0.6 is 0 Å². The highest BCUT2D eigenvalue weighted by molar-refractivity contribution is 4.94. The minimum atomic E-state index is -0.0204. The lowest BCUT2D eigenvalue weighted by atomic mass is 10.2. The number of unbranched alkanes of at least 4 members (excludes halogenated alkanes) is 1. The Morgan fingerprint density at radius 1 is 1.73 bits per heavy atom. The molecule has 0 bridgehead atoms. The predicted octanol–water partition coefficient (Wildman–Crippen LogP) is 2.38. The molecule has 0 spiro atoms. The quantitative estimate of drug-likeness (QED) is 0.419. The van der Waals surface area contributed by atoms with Crippen molar-refractivity contribution in [3.63, 3.8) is 0 Å². The van der Waals surface area contributed by atoms with E-state index >= 15 is 0 Å². The van der Waals surface area contributed by atoms with Crippen LogP contribution in [0.2, 0.25) is 0 Å². The van der Waals surface area contributed by atoms with Crippen LogP contribution in [0.4, 0.5) is 0 Å². The van der Waals surface area contributed by atoms with E-state index in [4.69, 9.17) is 11.2 Å². The fraction of sp³-hybridized carbons (Fsp3) is 0.600. The van der Waals surface area contributed by atoms with Gasteiger partial charge in [-0.1, -0.05) is 31.8 Å². The van der Waals surface area contributed by atoms with E-state index in [1.807, 2.05) is 0 Å². The number of hydrogen-bond donors (Lipinski definition) is 0. The van der Waals surface area contributed by atoms with E-state index in [1.165, 1.54) is 0 Å². The Kier molecular flexibility index (Phi) is 6.87. The molecule has 0 fully saturated rings. The number of ether oxygens (including phenoxy) is 1. The molecule has 0 radical (unpaired) electrons. The van der Waals surface area contributed by atoms with Crippen LogP contribution in [0.5, 0.6) is 0 Å². The third kappa shape index (κ3) is 5.69. The molecule has 0 rings (SSSR count). The van der Waals surface area contributed by atoms with Crippen molar-refractivity contribution in [2.45, 2.75) is 32.3 Å². The Hall–Kier alpha value is -0.740. The average molecular weight is 152 g/mol. The molecule has 1 heteroatoms. The SMILES string of the molecule is C#CC(CCCC)OCC=C. The fourth-order valence-corrected chi connectivity index (χ4v) is 0.788. The minimum absolute atomic E-state index is 0.0204. The summed E-state index contributed by atoms with van der Waals surface area (Å²) in [4.78, 5) is 0. The fourth-order valence-electron chi connectivity index (χ4n) is 0.788. The van der Waals surface area contributed by atoms with Crippen LogP contribution in [0.15, 0.2) is 12.7 Å². The standard InChI is InChI=1S/C10H16O/c1-4-7-8-10(6-3)11-9-5-2/h3,5,10H,2,4,7-9H2,1H3. The van der Waals surface area contributed by atoms with Gasteiger partial charge in [0.1, 0.15) is 6.10 Å². The summed E-state index contributed by atoms with van der Waals surface area (Å²) in [6, 6.07) is 0. The normalized spacial score (nSPS) is 12.0. The molecule has 0 aliphatic heterocycles. The van der Waals surface area contributed by atoms with Gasteiger partial charge in [0, 0.05) is 0 Å². The molecule has 0 amide bonds. The molecule has 0 aliphatic carbocycles. The van der Waals surface area contributed by atoms with Gasteiger partial charge < -0.3 is 4.74 Å². The first-order valence-electron chi connectivity index (χ1n) is 4.03. The first-order valence-corrected chi connectivity index (χ1v) is 4.03. The van der Waals surface area contributed by atoms with E-state index in [0.29, 0.717) is 6.61 Å². The van der Waals surface area contributed by atoms with Gasteiger partial charge in [-0.25, -0.2) is 0 Å². The van der Waals surface area contributed by atoms with Crippen molar-refractivity contribution >= 4 is 0 Å². The molecule has 0 saturated carbocycles. The Balaban J connectivity index is 3.43. The second-order valence-electron chi connectivity index (χ2n) is 2.42. The molecule has 0 saturated heterocycles. The number of hydrogen-bond acceptors (Lipinski definition) is 1. The predicted molar refractivity (Wildman–Crippen MR) is 48.3 cm³/mol. The summed E-state index contributed by atoms with van der Waals surface area (Å²) in [7, 11) is 0. The van der Waals surface area contributed by atoms with Gasteiger partial charge in [-0.05, 0) is 6.42 Å². The Morgan fingerprint density at radius 3 is 2.91 bits per heavy atom. The van der Waals surface area contributed by atoms with E-state index in [0.717, 1.165) is 19.3 Å². The van der Waals surface area contributed by atoms with Crippen molar-refractivity contribution in [3.8, 4) is 12.3 Å². The first kappa shape index (κ1) is 10.3. The monoisotopic (exact) mass is 152 g/mol. The third-order valence-electron chi connectivity index (χ3n) is 1.42. The summed E-state index contributed by atoms with van der Waals surface area (Å²) in [5.41, 5.74) is 0. The highest BCUT2D eigenvalue weighted by atomic mass is 16.5. The van der Waals surface area contributed by atoms with Crippen LogP contribution in [0.3, 0.4) is 0 Å². The lowest BCUT2D eigenvalue weighted by molar-refractivity contribution is 0.108. The maximum atomic E-state index is 5.29. The molecule has 62 valence electrons. The van der Waals surface area contributed by atoms with E-state index in [2.05, 4.69) is 19.4 Å². The van der Waals surface area contributed by atoms with Crippen LogP contribution in [0.25, 0.3) is 0 Å². The Labute approximate surface area is 69.4 Å². The van der Waals surface area contributed by atoms with Crippen molar-refractivity contribution in [1.29, 1.82) is 0 Å². The molecule has 1 unspecified atom stereocenters. The number of rotatable bonds is 6. The van der Waals surface area contributed by atoms with Gasteiger partial charge in [-0.15, -0.1) is 13.0 Å². The smallest absolute Gasteiger partial charge is 0.118 e. The lowest BCUT2D eigenvalue weighted by Crippen LogP contribution is -2.09. The van der Waals surface area contributed by atoms with Crippen LogP contribution in [0, 0.1) is 12.3 Å². The maximum absolute atomic E-state index is 5.29. The zero-order valence-corrected chi connectivity index (χ0v) is 7.18. The third-order valence-corrected chi connectivity index (χ3v) is 1.42. The molecule has 0 aromatic rings. The summed E-state index contributed by atoms with van der Waals surface area (Å²) < 4.78 is 5.29. The van der Waals surface area contributed by atoms with Crippen molar-refractivity contribution in [1.82, 2.24) is 0 Å². The van der Waals surface area contributed by atoms with Crippen molar-refractivity contribution in [3.05, 3.63) is 12.7 Å². The van der Waals surface area contributed by atoms with Gasteiger partial charge in [-0.3, -0.25) is 0 Å². The summed E-state index contributed by atoms with van der Waals surface area (Å²) in [5.74, 6) is 2.60. The van der Waals surface area contributed by atoms with E-state index in [-0.39, 0.29) is 6.10 Å². The van der Waals surface area contributed by atoms with Crippen molar-refractivity contribution < 1.29 is 4.74 Å². The summed E-state index contributed by atoms with van der Waals surface area (Å²) in [5, 5.41) is 0. The summed E-state index contributed by atoms with van der Waals surface area (Å²) in [6.07, 6.45) is 10.2. The van der Waals surface area contributed by atoms with Crippen LogP contribution in [0.1, 0.15) is 26.2 Å². The molecular formula is C10H16O. The minimum Gasteiger partial charge on any atom is -0.362 e. The van der Waals surface area contributed by atoms with Gasteiger partial charge in [0.2, 0.25) is 0 Å². The molecular weight excluding hydrogens is 136 g/mol. The zero-order chi connectivity index (χ0) is 8.53. The van der Waals surface area contributed by atoms with Crippen molar-refractivity contribution in [2.75, 3.05) is 6.61 Å². The topological polar surface area (TPSA) is 9.23 Å². The summed E-state index contributed by atoms with van der Waals surface area (Å²) in [6.45, 7) is 6.25. The van der Waals surface area contributed by atoms with Crippen molar-refractivity contribution in [2.24, 2.45) is 0 Å². The van der Waals surface area contributed by atoms with Gasteiger partial charge in [0.25, 0.3) is 0 Å². The molecule has 0 aliphatic rings. The molecule has 1 atom stereocenters. The summed E-state index contributed by atoms with van der Waals surface area (Å²) >= 11 is 0. The Bertz CT molecular complexity index is 132. The first-order chi connectivity index (χ1) is 5.35. The van der Waals surface area contributed by atoms with Crippen LogP contribution in [-0.4, -0.2) is 12.7 Å². The van der Waals surface area contributed by atoms with E-state index < -0.39 is 0 Å². The van der Waals surface area contributed by atoms with Gasteiger partial charge in [0.05, 0.1) is 6.61 Å². The number of terminal acetylenes is 1. The molecule has 0 N–H and O–H groups in total. The molecule has 1 nitrogen and oxygen atoms in total. The zero-order valence-electron chi connectivity index (χ0n) is 7.18. The molecule has 0 aromatic carbocycles. The maximum Gasteiger partial charge on any atom is 0.118 e. The van der Waals surface area contributed by atoms with Gasteiger partial charge in [-0.2, -0.15) is 0 Å². The average Bonchev–Trinajstić information content (AvgIpc) is 2.05. The molecule has 0 aromatic heterocycles. The lowest BCUT2D eigenvalue weighted by Gasteiger charge is -2.08. The van der Waals surface area contributed by atoms with E-state index in [1.54, 1.807) is 6.08 Å². The second kappa shape index (κ2) is 7.37.